The van der Waals surface area contributed by atoms with Crippen LogP contribution in [0.2, 0.25) is 0 Å². The van der Waals surface area contributed by atoms with Crippen molar-refractivity contribution in [2.24, 2.45) is 0 Å². The third kappa shape index (κ3) is 4.19. The third-order valence-electron chi connectivity index (χ3n) is 4.50. The monoisotopic (exact) mass is 411 g/mol. The lowest BCUT2D eigenvalue weighted by molar-refractivity contribution is -0.113. The topological polar surface area (TPSA) is 91.2 Å². The summed E-state index contributed by atoms with van der Waals surface area (Å²) >= 11 is 1.35. The van der Waals surface area contributed by atoms with Gasteiger partial charge in [-0.05, 0) is 37.1 Å². The molecule has 3 aromatic rings. The molecule has 1 aliphatic rings. The van der Waals surface area contributed by atoms with Gasteiger partial charge in [0.25, 0.3) is 5.88 Å². The number of aromatic nitrogens is 4. The van der Waals surface area contributed by atoms with Gasteiger partial charge in [-0.2, -0.15) is 0 Å². The molecule has 9 heteroatoms. The van der Waals surface area contributed by atoms with E-state index in [1.807, 2.05) is 41.8 Å². The molecule has 1 aliphatic heterocycles. The molecule has 0 fully saturated rings. The number of hydrogen-bond acceptors (Lipinski definition) is 7. The Morgan fingerprint density at radius 3 is 2.79 bits per heavy atom. The second kappa shape index (κ2) is 8.52. The molecule has 150 valence electrons. The van der Waals surface area contributed by atoms with Crippen molar-refractivity contribution >= 4 is 23.4 Å². The van der Waals surface area contributed by atoms with Crippen molar-refractivity contribution < 1.29 is 14.3 Å². The van der Waals surface area contributed by atoms with Crippen molar-refractivity contribution in [3.63, 3.8) is 0 Å². The number of amides is 1. The molecule has 0 aliphatic carbocycles. The maximum atomic E-state index is 12.3. The number of rotatable bonds is 7. The van der Waals surface area contributed by atoms with Crippen LogP contribution < -0.4 is 14.8 Å². The summed E-state index contributed by atoms with van der Waals surface area (Å²) in [5, 5.41) is 12.1. The van der Waals surface area contributed by atoms with E-state index in [1.165, 1.54) is 17.3 Å². The molecule has 0 saturated heterocycles. The van der Waals surface area contributed by atoms with Crippen molar-refractivity contribution in [3.8, 4) is 23.0 Å². The van der Waals surface area contributed by atoms with Crippen LogP contribution in [0.3, 0.4) is 0 Å². The molecule has 2 aromatic heterocycles. The van der Waals surface area contributed by atoms with Gasteiger partial charge in [0.1, 0.15) is 0 Å². The van der Waals surface area contributed by atoms with Crippen molar-refractivity contribution in [1.29, 1.82) is 0 Å². The van der Waals surface area contributed by atoms with Crippen LogP contribution in [0.4, 0.5) is 5.69 Å². The number of aryl methyl sites for hydroxylation is 1. The molecule has 0 unspecified atom stereocenters. The fraction of sp³-hybridized carbons (Fsp3) is 0.300. The minimum atomic E-state index is -0.0869. The highest BCUT2D eigenvalue weighted by Crippen LogP contribution is 2.33. The smallest absolute Gasteiger partial charge is 0.260 e. The van der Waals surface area contributed by atoms with Gasteiger partial charge in [0.2, 0.25) is 12.7 Å². The van der Waals surface area contributed by atoms with Crippen LogP contribution >= 0.6 is 11.8 Å². The molecule has 0 bridgehead atoms. The van der Waals surface area contributed by atoms with E-state index >= 15 is 0 Å². The van der Waals surface area contributed by atoms with Crippen molar-refractivity contribution in [2.45, 2.75) is 32.0 Å². The van der Waals surface area contributed by atoms with Gasteiger partial charge in [-0.25, -0.2) is 4.98 Å². The van der Waals surface area contributed by atoms with Crippen LogP contribution in [-0.2, 0) is 17.8 Å². The Bertz CT molecular complexity index is 1020. The zero-order valence-electron chi connectivity index (χ0n) is 16.2. The van der Waals surface area contributed by atoms with Crippen LogP contribution in [0.25, 0.3) is 11.4 Å². The summed E-state index contributed by atoms with van der Waals surface area (Å²) in [4.78, 5) is 16.6. The first-order chi connectivity index (χ1) is 14.2. The van der Waals surface area contributed by atoms with Crippen LogP contribution in [0.1, 0.15) is 19.4 Å². The Morgan fingerprint density at radius 2 is 2.03 bits per heavy atom. The van der Waals surface area contributed by atoms with E-state index in [2.05, 4.69) is 27.4 Å². The van der Waals surface area contributed by atoms with E-state index in [9.17, 15) is 4.79 Å². The summed E-state index contributed by atoms with van der Waals surface area (Å²) in [6, 6.07) is 9.71. The van der Waals surface area contributed by atoms with Gasteiger partial charge in [-0.3, -0.25) is 4.79 Å². The van der Waals surface area contributed by atoms with Crippen molar-refractivity contribution in [3.05, 3.63) is 42.1 Å². The zero-order valence-corrected chi connectivity index (χ0v) is 17.0. The quantitative estimate of drug-likeness (QED) is 0.596. The van der Waals surface area contributed by atoms with Gasteiger partial charge in [-0.1, -0.05) is 30.8 Å². The molecule has 1 N–H and O–H groups in total. The number of fused-ring (bicyclic) bond motifs is 1. The first-order valence-electron chi connectivity index (χ1n) is 9.38. The maximum Gasteiger partial charge on any atom is 0.260 e. The van der Waals surface area contributed by atoms with Gasteiger partial charge in [0, 0.05) is 24.0 Å². The molecule has 0 saturated carbocycles. The number of nitrogens with zero attached hydrogens (tertiary/aromatic N) is 4. The van der Waals surface area contributed by atoms with Gasteiger partial charge < -0.3 is 19.4 Å². The molecule has 0 radical (unpaired) electrons. The summed E-state index contributed by atoms with van der Waals surface area (Å²) in [6.45, 7) is 4.94. The number of anilines is 1. The zero-order chi connectivity index (χ0) is 20.2. The standard InChI is InChI=1S/C20H21N5O3S/c1-3-13-5-7-15(8-6-13)22-17(26)11-29-20-24-23-18(25(20)4-2)14-9-16-19(21-10-14)28-12-27-16/h5-10H,3-4,11-12H2,1-2H3,(H,22,26). The van der Waals surface area contributed by atoms with Gasteiger partial charge in [0.05, 0.1) is 5.75 Å². The Morgan fingerprint density at radius 1 is 1.21 bits per heavy atom. The number of hydrogen-bond donors (Lipinski definition) is 1. The number of carbonyl (C=O) groups is 1. The summed E-state index contributed by atoms with van der Waals surface area (Å²) < 4.78 is 12.6. The summed E-state index contributed by atoms with van der Waals surface area (Å²) in [7, 11) is 0. The highest BCUT2D eigenvalue weighted by molar-refractivity contribution is 7.99. The maximum absolute atomic E-state index is 12.3. The largest absolute Gasteiger partial charge is 0.452 e. The lowest BCUT2D eigenvalue weighted by Crippen LogP contribution is -2.14. The number of nitrogens with one attached hydrogen (secondary N) is 1. The van der Waals surface area contributed by atoms with E-state index in [0.29, 0.717) is 29.2 Å². The molecule has 8 nitrogen and oxygen atoms in total. The van der Waals surface area contributed by atoms with Crippen molar-refractivity contribution in [1.82, 2.24) is 19.7 Å². The van der Waals surface area contributed by atoms with Gasteiger partial charge >= 0.3 is 0 Å². The normalized spacial score (nSPS) is 12.2. The Labute approximate surface area is 172 Å². The minimum absolute atomic E-state index is 0.0869. The molecule has 4 rings (SSSR count). The van der Waals surface area contributed by atoms with Crippen LogP contribution in [0, 0.1) is 0 Å². The fourth-order valence-corrected chi connectivity index (χ4v) is 3.76. The predicted octanol–water partition coefficient (Wildman–Crippen LogP) is 3.38. The highest BCUT2D eigenvalue weighted by atomic mass is 32.2. The first-order valence-corrected chi connectivity index (χ1v) is 10.4. The molecular weight excluding hydrogens is 390 g/mol. The SMILES string of the molecule is CCc1ccc(NC(=O)CSc2nnc(-c3cnc4c(c3)OCO4)n2CC)cc1. The third-order valence-corrected chi connectivity index (χ3v) is 5.46. The van der Waals surface area contributed by atoms with Gasteiger partial charge in [-0.15, -0.1) is 10.2 Å². The van der Waals surface area contributed by atoms with Crippen LogP contribution in [0.5, 0.6) is 11.6 Å². The van der Waals surface area contributed by atoms with Gasteiger partial charge in [0.15, 0.2) is 16.7 Å². The van der Waals surface area contributed by atoms with E-state index in [-0.39, 0.29) is 18.5 Å². The molecule has 3 heterocycles. The molecule has 0 atom stereocenters. The molecular formula is C20H21N5O3S. The van der Waals surface area contributed by atoms with E-state index in [0.717, 1.165) is 17.7 Å². The average molecular weight is 411 g/mol. The van der Waals surface area contributed by atoms with Crippen LogP contribution in [0.15, 0.2) is 41.7 Å². The molecule has 1 amide bonds. The highest BCUT2D eigenvalue weighted by Gasteiger charge is 2.20. The Kier molecular flexibility index (Phi) is 5.66. The molecule has 0 spiro atoms. The Balaban J connectivity index is 1.43. The van der Waals surface area contributed by atoms with Crippen LogP contribution in [-0.4, -0.2) is 38.2 Å². The predicted molar refractivity (Wildman–Crippen MR) is 110 cm³/mol. The molecule has 29 heavy (non-hydrogen) atoms. The number of carbonyl (C=O) groups excluding carboxylic acids is 1. The number of ether oxygens (including phenoxy) is 2. The second-order valence-electron chi connectivity index (χ2n) is 6.37. The summed E-state index contributed by atoms with van der Waals surface area (Å²) in [5.74, 6) is 1.91. The number of thioether (sulfide) groups is 1. The second-order valence-corrected chi connectivity index (χ2v) is 7.31. The summed E-state index contributed by atoms with van der Waals surface area (Å²) in [6.07, 6.45) is 2.66. The number of pyridine rings is 1. The van der Waals surface area contributed by atoms with E-state index in [1.54, 1.807) is 6.20 Å². The fourth-order valence-electron chi connectivity index (χ4n) is 2.96. The number of benzene rings is 1. The average Bonchev–Trinajstić information content (AvgIpc) is 3.38. The summed E-state index contributed by atoms with van der Waals surface area (Å²) in [5.41, 5.74) is 2.81. The van der Waals surface area contributed by atoms with Crippen molar-refractivity contribution in [2.75, 3.05) is 17.9 Å². The lowest BCUT2D eigenvalue weighted by atomic mass is 10.1. The van der Waals surface area contributed by atoms with E-state index in [4.69, 9.17) is 9.47 Å². The first kappa shape index (κ1) is 19.3. The Hall–Kier alpha value is -3.07. The van der Waals surface area contributed by atoms with E-state index < -0.39 is 0 Å². The lowest BCUT2D eigenvalue weighted by Gasteiger charge is -2.08. The minimum Gasteiger partial charge on any atom is -0.452 e. The molecule has 1 aromatic carbocycles.